The molecule has 0 bridgehead atoms. The average Bonchev–Trinajstić information content (AvgIpc) is 3.11. The number of halogens is 1. The average molecular weight is 351 g/mol. The van der Waals surface area contributed by atoms with Crippen LogP contribution in [0.4, 0.5) is 4.39 Å². The number of fused-ring (bicyclic) bond motifs is 1. The highest BCUT2D eigenvalue weighted by molar-refractivity contribution is 6.06. The molecule has 4 rings (SSSR count). The summed E-state index contributed by atoms with van der Waals surface area (Å²) in [5, 5.41) is 0.891. The molecule has 1 N–H and O–H groups in total. The number of nitrogens with one attached hydrogen (secondary N) is 1. The van der Waals surface area contributed by atoms with Gasteiger partial charge in [0.2, 0.25) is 0 Å². The lowest BCUT2D eigenvalue weighted by molar-refractivity contribution is 0.0534. The molecule has 132 valence electrons. The molecule has 1 aliphatic heterocycles. The molecule has 26 heavy (non-hydrogen) atoms. The molecule has 0 aliphatic carbocycles. The van der Waals surface area contributed by atoms with Crippen molar-refractivity contribution in [1.82, 2.24) is 14.8 Å². The van der Waals surface area contributed by atoms with Gasteiger partial charge in [-0.1, -0.05) is 30.3 Å². The molecule has 3 aromatic rings. The van der Waals surface area contributed by atoms with Crippen molar-refractivity contribution in [3.63, 3.8) is 0 Å². The van der Waals surface area contributed by atoms with Gasteiger partial charge in [-0.2, -0.15) is 0 Å². The fourth-order valence-corrected chi connectivity index (χ4v) is 3.34. The number of aromatic nitrogens is 1. The maximum atomic E-state index is 13.8. The lowest BCUT2D eigenvalue weighted by Gasteiger charge is -2.34. The van der Waals surface area contributed by atoms with E-state index in [0.29, 0.717) is 31.7 Å². The molecule has 6 heteroatoms. The number of hydrogen-bond donors (Lipinski definition) is 1. The van der Waals surface area contributed by atoms with Crippen LogP contribution in [0.3, 0.4) is 0 Å². The van der Waals surface area contributed by atoms with E-state index in [1.807, 2.05) is 24.3 Å². The van der Waals surface area contributed by atoms with E-state index >= 15 is 0 Å². The minimum atomic E-state index is -0.519. The van der Waals surface area contributed by atoms with E-state index in [1.54, 1.807) is 28.1 Å². The van der Waals surface area contributed by atoms with E-state index in [1.165, 1.54) is 12.1 Å². The van der Waals surface area contributed by atoms with Crippen LogP contribution in [0.1, 0.15) is 20.7 Å². The second-order valence-electron chi connectivity index (χ2n) is 6.31. The molecular weight excluding hydrogens is 333 g/mol. The number of carbonyl (C=O) groups is 2. The topological polar surface area (TPSA) is 56.4 Å². The minimum absolute atomic E-state index is 0.0551. The van der Waals surface area contributed by atoms with Gasteiger partial charge in [0.05, 0.1) is 11.1 Å². The van der Waals surface area contributed by atoms with Gasteiger partial charge in [0.25, 0.3) is 11.8 Å². The number of amides is 2. The lowest BCUT2D eigenvalue weighted by atomic mass is 10.1. The molecule has 1 fully saturated rings. The summed E-state index contributed by atoms with van der Waals surface area (Å²) in [4.78, 5) is 31.7. The van der Waals surface area contributed by atoms with Crippen LogP contribution in [0.2, 0.25) is 0 Å². The van der Waals surface area contributed by atoms with Gasteiger partial charge in [0.1, 0.15) is 5.82 Å². The van der Waals surface area contributed by atoms with Gasteiger partial charge in [-0.05, 0) is 18.2 Å². The molecule has 0 radical (unpaired) electrons. The highest BCUT2D eigenvalue weighted by atomic mass is 19.1. The molecule has 1 aliphatic rings. The summed E-state index contributed by atoms with van der Waals surface area (Å²) in [6, 6.07) is 13.6. The van der Waals surface area contributed by atoms with Crippen molar-refractivity contribution < 1.29 is 14.0 Å². The number of hydrogen-bond acceptors (Lipinski definition) is 2. The number of nitrogens with zero attached hydrogens (tertiary/aromatic N) is 2. The van der Waals surface area contributed by atoms with Crippen LogP contribution in [0, 0.1) is 5.82 Å². The summed E-state index contributed by atoms with van der Waals surface area (Å²) in [6.07, 6.45) is 1.73. The number of para-hydroxylation sites is 1. The third-order valence-electron chi connectivity index (χ3n) is 4.78. The van der Waals surface area contributed by atoms with E-state index in [0.717, 1.165) is 10.9 Å². The number of rotatable bonds is 2. The second kappa shape index (κ2) is 6.63. The van der Waals surface area contributed by atoms with Crippen LogP contribution in [-0.4, -0.2) is 52.8 Å². The highest BCUT2D eigenvalue weighted by Gasteiger charge is 2.27. The fourth-order valence-electron chi connectivity index (χ4n) is 3.34. The monoisotopic (exact) mass is 351 g/mol. The van der Waals surface area contributed by atoms with Gasteiger partial charge >= 0.3 is 0 Å². The maximum absolute atomic E-state index is 13.8. The molecule has 5 nitrogen and oxygen atoms in total. The fraction of sp³-hybridized carbons (Fsp3) is 0.200. The van der Waals surface area contributed by atoms with E-state index in [-0.39, 0.29) is 17.4 Å². The molecule has 0 unspecified atom stereocenters. The Hall–Kier alpha value is -3.15. The zero-order valence-corrected chi connectivity index (χ0v) is 14.1. The molecule has 1 aromatic heterocycles. The van der Waals surface area contributed by atoms with Crippen LogP contribution in [0.25, 0.3) is 10.9 Å². The Morgan fingerprint density at radius 1 is 0.808 bits per heavy atom. The van der Waals surface area contributed by atoms with Gasteiger partial charge in [-0.25, -0.2) is 4.39 Å². The Bertz CT molecular complexity index is 974. The van der Waals surface area contributed by atoms with Gasteiger partial charge in [0.15, 0.2) is 0 Å². The number of piperazine rings is 1. The third-order valence-corrected chi connectivity index (χ3v) is 4.78. The van der Waals surface area contributed by atoms with Crippen molar-refractivity contribution in [3.8, 4) is 0 Å². The summed E-state index contributed by atoms with van der Waals surface area (Å²) >= 11 is 0. The molecule has 1 saturated heterocycles. The molecule has 2 heterocycles. The summed E-state index contributed by atoms with van der Waals surface area (Å²) in [5.74, 6) is -0.905. The molecule has 0 saturated carbocycles. The molecule has 2 aromatic carbocycles. The molecule has 0 atom stereocenters. The standard InChI is InChI=1S/C20H18FN3O2/c21-17-7-3-1-6-15(17)19(25)23-9-11-24(12-10-23)20(26)16-13-22-18-8-4-2-5-14(16)18/h1-8,13,22H,9-12H2. The largest absolute Gasteiger partial charge is 0.360 e. The van der Waals surface area contributed by atoms with Crippen molar-refractivity contribution in [2.75, 3.05) is 26.2 Å². The number of benzene rings is 2. The number of carbonyl (C=O) groups excluding carboxylic acids is 2. The summed E-state index contributed by atoms with van der Waals surface area (Å²) in [6.45, 7) is 1.64. The Morgan fingerprint density at radius 3 is 2.08 bits per heavy atom. The first kappa shape index (κ1) is 16.3. The highest BCUT2D eigenvalue weighted by Crippen LogP contribution is 2.20. The van der Waals surface area contributed by atoms with Crippen molar-refractivity contribution in [3.05, 3.63) is 71.7 Å². The Morgan fingerprint density at radius 2 is 1.38 bits per heavy atom. The first-order chi connectivity index (χ1) is 12.6. The first-order valence-electron chi connectivity index (χ1n) is 8.54. The predicted octanol–water partition coefficient (Wildman–Crippen LogP) is 2.91. The van der Waals surface area contributed by atoms with Crippen LogP contribution >= 0.6 is 0 Å². The minimum Gasteiger partial charge on any atom is -0.360 e. The number of aromatic amines is 1. The second-order valence-corrected chi connectivity index (χ2v) is 6.31. The predicted molar refractivity (Wildman–Crippen MR) is 96.5 cm³/mol. The summed E-state index contributed by atoms with van der Waals surface area (Å²) < 4.78 is 13.8. The summed E-state index contributed by atoms with van der Waals surface area (Å²) in [7, 11) is 0. The van der Waals surface area contributed by atoms with Crippen LogP contribution < -0.4 is 0 Å². The van der Waals surface area contributed by atoms with E-state index in [9.17, 15) is 14.0 Å². The lowest BCUT2D eigenvalue weighted by Crippen LogP contribution is -2.50. The van der Waals surface area contributed by atoms with Crippen molar-refractivity contribution in [1.29, 1.82) is 0 Å². The maximum Gasteiger partial charge on any atom is 0.256 e. The Labute approximate surface area is 150 Å². The molecular formula is C20H18FN3O2. The van der Waals surface area contributed by atoms with Crippen LogP contribution in [0.15, 0.2) is 54.7 Å². The van der Waals surface area contributed by atoms with Crippen molar-refractivity contribution >= 4 is 22.7 Å². The van der Waals surface area contributed by atoms with Gasteiger partial charge < -0.3 is 14.8 Å². The SMILES string of the molecule is O=C(c1ccccc1F)N1CCN(C(=O)c2c[nH]c3ccccc23)CC1. The quantitative estimate of drug-likeness (QED) is 0.772. The first-order valence-corrected chi connectivity index (χ1v) is 8.54. The third kappa shape index (κ3) is 2.83. The van der Waals surface area contributed by atoms with E-state index in [4.69, 9.17) is 0 Å². The Balaban J connectivity index is 1.46. The molecule has 0 spiro atoms. The van der Waals surface area contributed by atoms with Gasteiger partial charge in [0, 0.05) is 43.3 Å². The summed E-state index contributed by atoms with van der Waals surface area (Å²) in [5.41, 5.74) is 1.63. The van der Waals surface area contributed by atoms with Crippen molar-refractivity contribution in [2.24, 2.45) is 0 Å². The van der Waals surface area contributed by atoms with E-state index < -0.39 is 5.82 Å². The van der Waals surface area contributed by atoms with Crippen LogP contribution in [0.5, 0.6) is 0 Å². The number of H-pyrrole nitrogens is 1. The smallest absolute Gasteiger partial charge is 0.256 e. The molecule has 2 amide bonds. The van der Waals surface area contributed by atoms with Crippen LogP contribution in [-0.2, 0) is 0 Å². The van der Waals surface area contributed by atoms with Gasteiger partial charge in [-0.3, -0.25) is 9.59 Å². The zero-order valence-electron chi connectivity index (χ0n) is 14.1. The van der Waals surface area contributed by atoms with Gasteiger partial charge in [-0.15, -0.1) is 0 Å². The normalized spacial score (nSPS) is 14.7. The van der Waals surface area contributed by atoms with E-state index in [2.05, 4.69) is 4.98 Å². The van der Waals surface area contributed by atoms with Crippen molar-refractivity contribution in [2.45, 2.75) is 0 Å². The zero-order chi connectivity index (χ0) is 18.1. The Kier molecular flexibility index (Phi) is 4.16.